The summed E-state index contributed by atoms with van der Waals surface area (Å²) in [5.41, 5.74) is 0. The average Bonchev–Trinajstić information content (AvgIpc) is 2.54. The summed E-state index contributed by atoms with van der Waals surface area (Å²) in [4.78, 5) is 11.7. The van der Waals surface area contributed by atoms with Crippen LogP contribution in [0.2, 0.25) is 0 Å². The van der Waals surface area contributed by atoms with Gasteiger partial charge in [-0.25, -0.2) is 0 Å². The molecule has 0 heterocycles. The maximum atomic E-state index is 11.7. The minimum atomic E-state index is -0.199. The second-order valence-electron chi connectivity index (χ2n) is 6.02. The quantitative estimate of drug-likeness (QED) is 0.651. The van der Waals surface area contributed by atoms with E-state index >= 15 is 0 Å². The molecule has 0 aliphatic carbocycles. The number of benzene rings is 2. The Morgan fingerprint density at radius 2 is 1.54 bits per heavy atom. The van der Waals surface area contributed by atoms with Crippen LogP contribution in [0.3, 0.4) is 0 Å². The molecule has 4 nitrogen and oxygen atoms in total. The minimum absolute atomic E-state index is 0.0565. The van der Waals surface area contributed by atoms with Crippen LogP contribution in [0.4, 0.5) is 0 Å². The van der Waals surface area contributed by atoms with E-state index in [1.165, 1.54) is 0 Å². The van der Waals surface area contributed by atoms with Crippen molar-refractivity contribution in [2.75, 3.05) is 6.61 Å². The van der Waals surface area contributed by atoms with Crippen LogP contribution in [0.5, 0.6) is 17.2 Å². The summed E-state index contributed by atoms with van der Waals surface area (Å²) in [7, 11) is 0. The SMILES string of the molecule is CC(COc1ccccc1Oc1ccccc1)CC(=O)OC(C)C. The lowest BCUT2D eigenvalue weighted by molar-refractivity contribution is -0.148. The van der Waals surface area contributed by atoms with Crippen molar-refractivity contribution in [3.8, 4) is 17.2 Å². The van der Waals surface area contributed by atoms with Crippen LogP contribution in [0, 0.1) is 5.92 Å². The molecule has 1 atom stereocenters. The second kappa shape index (κ2) is 8.96. The molecule has 0 bridgehead atoms. The summed E-state index contributed by atoms with van der Waals surface area (Å²) in [6, 6.07) is 17.1. The van der Waals surface area contributed by atoms with Crippen molar-refractivity contribution in [1.29, 1.82) is 0 Å². The first-order valence-corrected chi connectivity index (χ1v) is 8.19. The molecule has 0 spiro atoms. The predicted molar refractivity (Wildman–Crippen MR) is 93.5 cm³/mol. The van der Waals surface area contributed by atoms with Crippen LogP contribution in [0.15, 0.2) is 54.6 Å². The van der Waals surface area contributed by atoms with Crippen LogP contribution in [0.25, 0.3) is 0 Å². The van der Waals surface area contributed by atoms with E-state index in [2.05, 4.69) is 0 Å². The van der Waals surface area contributed by atoms with E-state index in [0.717, 1.165) is 5.75 Å². The van der Waals surface area contributed by atoms with Crippen molar-refractivity contribution in [1.82, 2.24) is 0 Å². The van der Waals surface area contributed by atoms with Gasteiger partial charge in [0.1, 0.15) is 5.75 Å². The van der Waals surface area contributed by atoms with Crippen LogP contribution < -0.4 is 9.47 Å². The predicted octanol–water partition coefficient (Wildman–Crippen LogP) is 4.84. The fraction of sp³-hybridized carbons (Fsp3) is 0.350. The third-order valence-corrected chi connectivity index (χ3v) is 3.23. The van der Waals surface area contributed by atoms with Gasteiger partial charge >= 0.3 is 5.97 Å². The van der Waals surface area contributed by atoms with Gasteiger partial charge in [-0.05, 0) is 38.1 Å². The summed E-state index contributed by atoms with van der Waals surface area (Å²) < 4.78 is 16.9. The molecule has 0 saturated carbocycles. The molecule has 2 aromatic rings. The molecule has 24 heavy (non-hydrogen) atoms. The van der Waals surface area contributed by atoms with Gasteiger partial charge in [-0.1, -0.05) is 37.3 Å². The van der Waals surface area contributed by atoms with Gasteiger partial charge in [0.15, 0.2) is 11.5 Å². The van der Waals surface area contributed by atoms with E-state index in [9.17, 15) is 4.79 Å². The second-order valence-corrected chi connectivity index (χ2v) is 6.02. The lowest BCUT2D eigenvalue weighted by Gasteiger charge is -2.16. The van der Waals surface area contributed by atoms with Gasteiger partial charge in [0.05, 0.1) is 19.1 Å². The first kappa shape index (κ1) is 17.9. The maximum Gasteiger partial charge on any atom is 0.306 e. The third kappa shape index (κ3) is 5.95. The maximum absolute atomic E-state index is 11.7. The Labute approximate surface area is 143 Å². The van der Waals surface area contributed by atoms with Gasteiger partial charge < -0.3 is 14.2 Å². The van der Waals surface area contributed by atoms with Crippen molar-refractivity contribution in [2.45, 2.75) is 33.3 Å². The van der Waals surface area contributed by atoms with E-state index in [1.54, 1.807) is 0 Å². The van der Waals surface area contributed by atoms with Crippen molar-refractivity contribution < 1.29 is 19.0 Å². The van der Waals surface area contributed by atoms with E-state index in [1.807, 2.05) is 75.4 Å². The Morgan fingerprint density at radius 1 is 0.917 bits per heavy atom. The normalized spacial score (nSPS) is 11.8. The van der Waals surface area contributed by atoms with Crippen LogP contribution in [-0.2, 0) is 9.53 Å². The molecule has 0 N–H and O–H groups in total. The van der Waals surface area contributed by atoms with E-state index in [4.69, 9.17) is 14.2 Å². The Balaban J connectivity index is 1.92. The van der Waals surface area contributed by atoms with Crippen LogP contribution in [-0.4, -0.2) is 18.7 Å². The minimum Gasteiger partial charge on any atom is -0.489 e. The van der Waals surface area contributed by atoms with Crippen molar-refractivity contribution in [3.63, 3.8) is 0 Å². The molecule has 2 aromatic carbocycles. The van der Waals surface area contributed by atoms with Crippen LogP contribution >= 0.6 is 0 Å². The fourth-order valence-corrected chi connectivity index (χ4v) is 2.16. The first-order chi connectivity index (χ1) is 11.5. The molecule has 0 aliphatic heterocycles. The summed E-state index contributed by atoms with van der Waals surface area (Å²) >= 11 is 0. The molecule has 128 valence electrons. The van der Waals surface area contributed by atoms with Crippen LogP contribution in [0.1, 0.15) is 27.2 Å². The Hall–Kier alpha value is -2.49. The monoisotopic (exact) mass is 328 g/mol. The number of hydrogen-bond acceptors (Lipinski definition) is 4. The van der Waals surface area contributed by atoms with Crippen molar-refractivity contribution >= 4 is 5.97 Å². The molecule has 0 saturated heterocycles. The molecular weight excluding hydrogens is 304 g/mol. The Bertz CT molecular complexity index is 637. The lowest BCUT2D eigenvalue weighted by Crippen LogP contribution is -2.18. The molecule has 1 unspecified atom stereocenters. The summed E-state index contributed by atoms with van der Waals surface area (Å²) in [6.45, 7) is 6.07. The molecule has 0 amide bonds. The summed E-state index contributed by atoms with van der Waals surface area (Å²) in [6.07, 6.45) is 0.241. The summed E-state index contributed by atoms with van der Waals surface area (Å²) in [5, 5.41) is 0. The number of para-hydroxylation sites is 3. The third-order valence-electron chi connectivity index (χ3n) is 3.23. The number of ether oxygens (including phenoxy) is 3. The van der Waals surface area contributed by atoms with Gasteiger partial charge in [0.2, 0.25) is 0 Å². The fourth-order valence-electron chi connectivity index (χ4n) is 2.16. The molecule has 0 fully saturated rings. The smallest absolute Gasteiger partial charge is 0.306 e. The van der Waals surface area contributed by atoms with Crippen molar-refractivity contribution in [2.24, 2.45) is 5.92 Å². The number of hydrogen-bond donors (Lipinski definition) is 0. The van der Waals surface area contributed by atoms with Gasteiger partial charge in [-0.2, -0.15) is 0 Å². The molecule has 0 radical (unpaired) electrons. The molecule has 0 aliphatic rings. The highest BCUT2D eigenvalue weighted by Crippen LogP contribution is 2.31. The summed E-state index contributed by atoms with van der Waals surface area (Å²) in [5.74, 6) is 1.92. The standard InChI is InChI=1S/C20H24O4/c1-15(2)23-20(21)13-16(3)14-22-18-11-7-8-12-19(18)24-17-9-5-4-6-10-17/h4-12,15-16H,13-14H2,1-3H3. The highest BCUT2D eigenvalue weighted by atomic mass is 16.5. The molecule has 0 aromatic heterocycles. The topological polar surface area (TPSA) is 44.8 Å². The van der Waals surface area contributed by atoms with Gasteiger partial charge in [0.25, 0.3) is 0 Å². The zero-order valence-corrected chi connectivity index (χ0v) is 14.4. The van der Waals surface area contributed by atoms with Gasteiger partial charge in [0, 0.05) is 5.92 Å². The number of carbonyl (C=O) groups excluding carboxylic acids is 1. The Morgan fingerprint density at radius 3 is 2.21 bits per heavy atom. The molecule has 2 rings (SSSR count). The van der Waals surface area contributed by atoms with E-state index < -0.39 is 0 Å². The average molecular weight is 328 g/mol. The first-order valence-electron chi connectivity index (χ1n) is 8.19. The van der Waals surface area contributed by atoms with E-state index in [0.29, 0.717) is 24.5 Å². The Kier molecular flexibility index (Phi) is 6.67. The molecule has 4 heteroatoms. The largest absolute Gasteiger partial charge is 0.489 e. The highest BCUT2D eigenvalue weighted by molar-refractivity contribution is 5.69. The molecular formula is C20H24O4. The zero-order valence-electron chi connectivity index (χ0n) is 14.4. The number of carbonyl (C=O) groups is 1. The van der Waals surface area contributed by atoms with Gasteiger partial charge in [-0.15, -0.1) is 0 Å². The lowest BCUT2D eigenvalue weighted by atomic mass is 10.1. The number of rotatable bonds is 8. The number of esters is 1. The van der Waals surface area contributed by atoms with Crippen molar-refractivity contribution in [3.05, 3.63) is 54.6 Å². The van der Waals surface area contributed by atoms with Gasteiger partial charge in [-0.3, -0.25) is 4.79 Å². The van der Waals surface area contributed by atoms with E-state index in [-0.39, 0.29) is 18.0 Å². The highest BCUT2D eigenvalue weighted by Gasteiger charge is 2.14. The zero-order chi connectivity index (χ0) is 17.4.